The lowest BCUT2D eigenvalue weighted by molar-refractivity contribution is -0.136. The van der Waals surface area contributed by atoms with Gasteiger partial charge in [0, 0.05) is 29.4 Å². The Morgan fingerprint density at radius 3 is 2.44 bits per heavy atom. The number of methoxy groups -OCH3 is 1. The van der Waals surface area contributed by atoms with E-state index < -0.39 is 5.97 Å². The molecular formula is C19H18N2O4. The Hall–Kier alpha value is -3.28. The number of nitrogens with one attached hydrogen (secondary N) is 1. The van der Waals surface area contributed by atoms with Crippen LogP contribution in [0.3, 0.4) is 0 Å². The Morgan fingerprint density at radius 2 is 1.80 bits per heavy atom. The SMILES string of the molecule is COc1ccc(-c2cc(-c3ccc(NCCC(=O)O)cc3)no2)cc1. The molecule has 6 heteroatoms. The molecule has 0 aliphatic rings. The monoisotopic (exact) mass is 338 g/mol. The first kappa shape index (κ1) is 16.6. The summed E-state index contributed by atoms with van der Waals surface area (Å²) in [5, 5.41) is 15.8. The molecule has 0 bridgehead atoms. The van der Waals surface area contributed by atoms with E-state index in [2.05, 4.69) is 10.5 Å². The number of rotatable bonds is 7. The van der Waals surface area contributed by atoms with Gasteiger partial charge in [0.1, 0.15) is 11.4 Å². The van der Waals surface area contributed by atoms with Crippen molar-refractivity contribution in [1.82, 2.24) is 5.16 Å². The van der Waals surface area contributed by atoms with Gasteiger partial charge in [-0.05, 0) is 36.4 Å². The second-order valence-corrected chi connectivity index (χ2v) is 5.45. The summed E-state index contributed by atoms with van der Waals surface area (Å²) in [6.45, 7) is 0.389. The minimum absolute atomic E-state index is 0.0796. The highest BCUT2D eigenvalue weighted by Crippen LogP contribution is 2.28. The summed E-state index contributed by atoms with van der Waals surface area (Å²) in [6.07, 6.45) is 0.0796. The number of benzene rings is 2. The van der Waals surface area contributed by atoms with Gasteiger partial charge in [-0.2, -0.15) is 0 Å². The number of carbonyl (C=O) groups is 1. The van der Waals surface area contributed by atoms with Crippen molar-refractivity contribution in [1.29, 1.82) is 0 Å². The average molecular weight is 338 g/mol. The molecule has 3 aromatic rings. The molecule has 3 rings (SSSR count). The average Bonchev–Trinajstić information content (AvgIpc) is 3.12. The zero-order chi connectivity index (χ0) is 17.6. The van der Waals surface area contributed by atoms with Crippen molar-refractivity contribution in [2.45, 2.75) is 6.42 Å². The maximum Gasteiger partial charge on any atom is 0.305 e. The molecule has 1 heterocycles. The minimum atomic E-state index is -0.822. The summed E-state index contributed by atoms with van der Waals surface area (Å²) < 4.78 is 10.6. The van der Waals surface area contributed by atoms with Crippen LogP contribution in [0.15, 0.2) is 59.1 Å². The number of aromatic nitrogens is 1. The fourth-order valence-corrected chi connectivity index (χ4v) is 2.38. The normalized spacial score (nSPS) is 10.4. The summed E-state index contributed by atoms with van der Waals surface area (Å²) in [5.41, 5.74) is 3.45. The third kappa shape index (κ3) is 4.17. The summed E-state index contributed by atoms with van der Waals surface area (Å²) in [4.78, 5) is 10.5. The third-order valence-corrected chi connectivity index (χ3v) is 3.73. The highest BCUT2D eigenvalue weighted by atomic mass is 16.5. The lowest BCUT2D eigenvalue weighted by Gasteiger charge is -2.04. The first-order valence-electron chi connectivity index (χ1n) is 7.83. The largest absolute Gasteiger partial charge is 0.497 e. The topological polar surface area (TPSA) is 84.6 Å². The number of hydrogen-bond donors (Lipinski definition) is 2. The number of nitrogens with zero attached hydrogens (tertiary/aromatic N) is 1. The first-order chi connectivity index (χ1) is 12.2. The standard InChI is InChI=1S/C19H18N2O4/c1-24-16-8-4-14(5-9-16)18-12-17(21-25-18)13-2-6-15(7-3-13)20-11-10-19(22)23/h2-9,12,20H,10-11H2,1H3,(H,22,23). The zero-order valence-corrected chi connectivity index (χ0v) is 13.7. The van der Waals surface area contributed by atoms with E-state index in [1.165, 1.54) is 0 Å². The van der Waals surface area contributed by atoms with Crippen molar-refractivity contribution in [3.63, 3.8) is 0 Å². The molecule has 0 amide bonds. The summed E-state index contributed by atoms with van der Waals surface area (Å²) in [5.74, 6) is 0.647. The van der Waals surface area contributed by atoms with E-state index in [9.17, 15) is 4.79 Å². The smallest absolute Gasteiger partial charge is 0.305 e. The molecule has 128 valence electrons. The predicted octanol–water partition coefficient (Wildman–Crippen LogP) is 3.90. The van der Waals surface area contributed by atoms with Gasteiger partial charge in [0.2, 0.25) is 0 Å². The Kier molecular flexibility index (Phi) is 4.99. The number of aliphatic carboxylic acids is 1. The van der Waals surface area contributed by atoms with Crippen molar-refractivity contribution in [2.75, 3.05) is 19.0 Å². The van der Waals surface area contributed by atoms with Crippen LogP contribution in [0.1, 0.15) is 6.42 Å². The number of carboxylic acid groups (broad SMARTS) is 1. The van der Waals surface area contributed by atoms with Gasteiger partial charge in [0.15, 0.2) is 5.76 Å². The molecule has 0 aliphatic carbocycles. The van der Waals surface area contributed by atoms with Gasteiger partial charge in [-0.15, -0.1) is 0 Å². The van der Waals surface area contributed by atoms with Gasteiger partial charge >= 0.3 is 5.97 Å². The molecule has 6 nitrogen and oxygen atoms in total. The number of ether oxygens (including phenoxy) is 1. The predicted molar refractivity (Wildman–Crippen MR) is 94.7 cm³/mol. The molecule has 0 saturated carbocycles. The summed E-state index contributed by atoms with van der Waals surface area (Å²) in [7, 11) is 1.63. The molecule has 25 heavy (non-hydrogen) atoms. The zero-order valence-electron chi connectivity index (χ0n) is 13.7. The maximum atomic E-state index is 10.5. The van der Waals surface area contributed by atoms with Crippen LogP contribution in [0.5, 0.6) is 5.75 Å². The second-order valence-electron chi connectivity index (χ2n) is 5.45. The summed E-state index contributed by atoms with van der Waals surface area (Å²) >= 11 is 0. The summed E-state index contributed by atoms with van der Waals surface area (Å²) in [6, 6.07) is 17.1. The Morgan fingerprint density at radius 1 is 1.12 bits per heavy atom. The van der Waals surface area contributed by atoms with Gasteiger partial charge in [-0.3, -0.25) is 4.79 Å². The van der Waals surface area contributed by atoms with Crippen molar-refractivity contribution in [3.8, 4) is 28.3 Å². The van der Waals surface area contributed by atoms with E-state index in [1.807, 2.05) is 54.6 Å². The van der Waals surface area contributed by atoms with Crippen LogP contribution in [0, 0.1) is 0 Å². The van der Waals surface area contributed by atoms with Crippen LogP contribution in [0.25, 0.3) is 22.6 Å². The second kappa shape index (κ2) is 7.53. The van der Waals surface area contributed by atoms with Gasteiger partial charge in [-0.25, -0.2) is 0 Å². The van der Waals surface area contributed by atoms with Crippen LogP contribution in [0.4, 0.5) is 5.69 Å². The highest BCUT2D eigenvalue weighted by molar-refractivity contribution is 5.69. The molecule has 2 aromatic carbocycles. The maximum absolute atomic E-state index is 10.5. The fraction of sp³-hybridized carbons (Fsp3) is 0.158. The molecule has 0 aliphatic heterocycles. The molecule has 0 radical (unpaired) electrons. The molecule has 0 atom stereocenters. The van der Waals surface area contributed by atoms with E-state index in [-0.39, 0.29) is 6.42 Å². The Balaban J connectivity index is 1.70. The molecule has 0 fully saturated rings. The number of hydrogen-bond acceptors (Lipinski definition) is 5. The Labute approximate surface area is 145 Å². The van der Waals surface area contributed by atoms with Gasteiger partial charge in [-0.1, -0.05) is 17.3 Å². The van der Waals surface area contributed by atoms with Crippen LogP contribution in [-0.4, -0.2) is 29.9 Å². The van der Waals surface area contributed by atoms with Crippen molar-refractivity contribution >= 4 is 11.7 Å². The van der Waals surface area contributed by atoms with E-state index in [4.69, 9.17) is 14.4 Å². The third-order valence-electron chi connectivity index (χ3n) is 3.73. The first-order valence-corrected chi connectivity index (χ1v) is 7.83. The Bertz CT molecular complexity index is 839. The molecular weight excluding hydrogens is 320 g/mol. The van der Waals surface area contributed by atoms with Crippen LogP contribution >= 0.6 is 0 Å². The van der Waals surface area contributed by atoms with Gasteiger partial charge in [0.25, 0.3) is 0 Å². The fourth-order valence-electron chi connectivity index (χ4n) is 2.38. The van der Waals surface area contributed by atoms with Crippen molar-refractivity contribution in [3.05, 3.63) is 54.6 Å². The van der Waals surface area contributed by atoms with E-state index in [1.54, 1.807) is 7.11 Å². The van der Waals surface area contributed by atoms with Crippen LogP contribution in [0.2, 0.25) is 0 Å². The van der Waals surface area contributed by atoms with E-state index >= 15 is 0 Å². The molecule has 2 N–H and O–H groups in total. The van der Waals surface area contributed by atoms with Crippen LogP contribution < -0.4 is 10.1 Å². The molecule has 0 unspecified atom stereocenters. The number of carboxylic acids is 1. The minimum Gasteiger partial charge on any atom is -0.497 e. The van der Waals surface area contributed by atoms with E-state index in [0.717, 1.165) is 28.3 Å². The molecule has 0 spiro atoms. The van der Waals surface area contributed by atoms with Gasteiger partial charge in [0.05, 0.1) is 13.5 Å². The lowest BCUT2D eigenvalue weighted by atomic mass is 10.1. The molecule has 0 saturated heterocycles. The quantitative estimate of drug-likeness (QED) is 0.679. The van der Waals surface area contributed by atoms with Gasteiger partial charge < -0.3 is 19.7 Å². The van der Waals surface area contributed by atoms with Crippen molar-refractivity contribution in [2.24, 2.45) is 0 Å². The van der Waals surface area contributed by atoms with Crippen LogP contribution in [-0.2, 0) is 4.79 Å². The van der Waals surface area contributed by atoms with E-state index in [0.29, 0.717) is 12.3 Å². The molecule has 1 aromatic heterocycles. The highest BCUT2D eigenvalue weighted by Gasteiger charge is 2.09. The lowest BCUT2D eigenvalue weighted by Crippen LogP contribution is -2.07. The number of anilines is 1. The van der Waals surface area contributed by atoms with Crippen molar-refractivity contribution < 1.29 is 19.2 Å².